The van der Waals surface area contributed by atoms with Crippen LogP contribution in [0.3, 0.4) is 0 Å². The van der Waals surface area contributed by atoms with E-state index < -0.39 is 17.7 Å². The second-order valence-electron chi connectivity index (χ2n) is 7.98. The molecule has 2 unspecified atom stereocenters. The fraction of sp³-hybridized carbons (Fsp3) is 0.364. The third kappa shape index (κ3) is 4.45. The Morgan fingerprint density at radius 1 is 1.19 bits per heavy atom. The Kier molecular flexibility index (Phi) is 6.14. The van der Waals surface area contributed by atoms with Crippen LogP contribution in [0.1, 0.15) is 39.3 Å². The van der Waals surface area contributed by atoms with Gasteiger partial charge in [0.05, 0.1) is 23.9 Å². The van der Waals surface area contributed by atoms with Gasteiger partial charge >= 0.3 is 0 Å². The first-order valence-corrected chi connectivity index (χ1v) is 11.1. The molecule has 1 aliphatic heterocycles. The number of fused-ring (bicyclic) bond motifs is 1. The van der Waals surface area contributed by atoms with E-state index in [0.717, 1.165) is 6.07 Å². The molecule has 4 rings (SSSR count). The van der Waals surface area contributed by atoms with E-state index in [-0.39, 0.29) is 22.8 Å². The summed E-state index contributed by atoms with van der Waals surface area (Å²) in [5.41, 5.74) is 7.43. The highest BCUT2D eigenvalue weighted by molar-refractivity contribution is 8.14. The average Bonchev–Trinajstić information content (AvgIpc) is 2.73. The molecule has 0 saturated carbocycles. The van der Waals surface area contributed by atoms with E-state index in [2.05, 4.69) is 25.3 Å². The number of benzene rings is 1. The summed E-state index contributed by atoms with van der Waals surface area (Å²) < 4.78 is 34.9. The van der Waals surface area contributed by atoms with Gasteiger partial charge in [0, 0.05) is 28.8 Å². The molecule has 0 aliphatic carbocycles. The Labute approximate surface area is 188 Å². The van der Waals surface area contributed by atoms with Crippen molar-refractivity contribution in [2.75, 3.05) is 5.32 Å². The van der Waals surface area contributed by atoms with Gasteiger partial charge in [0.1, 0.15) is 5.52 Å². The Morgan fingerprint density at radius 3 is 2.72 bits per heavy atom. The summed E-state index contributed by atoms with van der Waals surface area (Å²) in [6.07, 6.45) is 3.03. The minimum Gasteiger partial charge on any atom is -0.474 e. The molecule has 3 N–H and O–H groups in total. The molecule has 3 atom stereocenters. The average molecular weight is 459 g/mol. The molecule has 1 aliphatic rings. The number of nitrogens with two attached hydrogens (primary N) is 1. The van der Waals surface area contributed by atoms with E-state index >= 15 is 0 Å². The molecule has 0 bridgehead atoms. The van der Waals surface area contributed by atoms with Crippen LogP contribution in [-0.2, 0) is 0 Å². The number of nitrogens with one attached hydrogen (secondary N) is 1. The first-order chi connectivity index (χ1) is 15.2. The molecule has 3 aromatic rings. The molecule has 10 heteroatoms. The van der Waals surface area contributed by atoms with E-state index in [1.165, 1.54) is 18.0 Å². The molecule has 7 nitrogen and oxygen atoms in total. The summed E-state index contributed by atoms with van der Waals surface area (Å²) in [5.74, 6) is -1.17. The molecular formula is C22H24F2N6OS. The van der Waals surface area contributed by atoms with Crippen molar-refractivity contribution in [1.29, 1.82) is 0 Å². The minimum absolute atomic E-state index is 0.0302. The second-order valence-corrected chi connectivity index (χ2v) is 9.38. The zero-order valence-electron chi connectivity index (χ0n) is 18.1. The number of hydrogen-bond acceptors (Lipinski definition) is 8. The van der Waals surface area contributed by atoms with Crippen molar-refractivity contribution >= 4 is 39.5 Å². The van der Waals surface area contributed by atoms with E-state index in [1.807, 2.05) is 27.7 Å². The molecule has 0 radical (unpaired) electrons. The lowest BCUT2D eigenvalue weighted by molar-refractivity contribution is 0.232. The number of halogens is 2. The molecule has 0 fully saturated rings. The lowest BCUT2D eigenvalue weighted by Crippen LogP contribution is -2.29. The maximum absolute atomic E-state index is 14.8. The highest BCUT2D eigenvalue weighted by Crippen LogP contribution is 2.40. The van der Waals surface area contributed by atoms with Crippen LogP contribution in [0.4, 0.5) is 20.3 Å². The number of nitrogens with zero attached hydrogens (tertiary/aromatic N) is 4. The van der Waals surface area contributed by atoms with Crippen molar-refractivity contribution in [3.63, 3.8) is 0 Å². The SMILES string of the molecule is CC(C)Oc1cnc2c(Nc3cc(F)c(F)c(C4N=C(N)SC(C)[C@H]4C)c3)nccc2n1. The highest BCUT2D eigenvalue weighted by Gasteiger charge is 2.32. The van der Waals surface area contributed by atoms with E-state index in [9.17, 15) is 8.78 Å². The number of ether oxygens (including phenoxy) is 1. The number of anilines is 2. The van der Waals surface area contributed by atoms with Gasteiger partial charge in [0.15, 0.2) is 22.6 Å². The monoisotopic (exact) mass is 458 g/mol. The van der Waals surface area contributed by atoms with Gasteiger partial charge in [-0.15, -0.1) is 0 Å². The Hall–Kier alpha value is -3.01. The molecule has 1 aromatic carbocycles. The van der Waals surface area contributed by atoms with Gasteiger partial charge < -0.3 is 15.8 Å². The molecule has 0 saturated heterocycles. The maximum atomic E-state index is 14.8. The van der Waals surface area contributed by atoms with Crippen LogP contribution in [0.2, 0.25) is 0 Å². The van der Waals surface area contributed by atoms with E-state index in [4.69, 9.17) is 10.5 Å². The summed E-state index contributed by atoms with van der Waals surface area (Å²) in [6, 6.07) is 3.75. The van der Waals surface area contributed by atoms with Crippen molar-refractivity contribution in [3.8, 4) is 5.88 Å². The maximum Gasteiger partial charge on any atom is 0.233 e. The first kappa shape index (κ1) is 22.2. The van der Waals surface area contributed by atoms with Crippen molar-refractivity contribution in [3.05, 3.63) is 47.8 Å². The zero-order chi connectivity index (χ0) is 23.0. The van der Waals surface area contributed by atoms with Crippen molar-refractivity contribution in [1.82, 2.24) is 15.0 Å². The van der Waals surface area contributed by atoms with Crippen LogP contribution in [0.15, 0.2) is 35.6 Å². The van der Waals surface area contributed by atoms with Gasteiger partial charge in [-0.3, -0.25) is 4.99 Å². The molecule has 3 heterocycles. The fourth-order valence-electron chi connectivity index (χ4n) is 3.55. The van der Waals surface area contributed by atoms with Crippen LogP contribution in [0, 0.1) is 17.6 Å². The van der Waals surface area contributed by atoms with Gasteiger partial charge in [-0.2, -0.15) is 0 Å². The lowest BCUT2D eigenvalue weighted by Gasteiger charge is -2.31. The highest BCUT2D eigenvalue weighted by atomic mass is 32.2. The van der Waals surface area contributed by atoms with Crippen LogP contribution in [-0.4, -0.2) is 31.5 Å². The number of aromatic nitrogens is 3. The quantitative estimate of drug-likeness (QED) is 0.557. The lowest BCUT2D eigenvalue weighted by atomic mass is 9.91. The summed E-state index contributed by atoms with van der Waals surface area (Å²) in [4.78, 5) is 17.5. The fourth-order valence-corrected chi connectivity index (χ4v) is 4.46. The van der Waals surface area contributed by atoms with Gasteiger partial charge in [-0.05, 0) is 31.9 Å². The number of hydrogen-bond donors (Lipinski definition) is 2. The van der Waals surface area contributed by atoms with Crippen LogP contribution >= 0.6 is 11.8 Å². The third-order valence-electron chi connectivity index (χ3n) is 5.24. The van der Waals surface area contributed by atoms with Gasteiger partial charge in [0.2, 0.25) is 5.88 Å². The predicted molar refractivity (Wildman–Crippen MR) is 123 cm³/mol. The Balaban J connectivity index is 1.71. The van der Waals surface area contributed by atoms with Crippen molar-refractivity contribution in [2.24, 2.45) is 16.6 Å². The summed E-state index contributed by atoms with van der Waals surface area (Å²) in [6.45, 7) is 7.75. The largest absolute Gasteiger partial charge is 0.474 e. The van der Waals surface area contributed by atoms with Gasteiger partial charge in [-0.1, -0.05) is 25.6 Å². The van der Waals surface area contributed by atoms with Crippen molar-refractivity contribution in [2.45, 2.75) is 45.1 Å². The number of pyridine rings is 1. The molecule has 32 heavy (non-hydrogen) atoms. The topological polar surface area (TPSA) is 98.3 Å². The molecule has 0 spiro atoms. The van der Waals surface area contributed by atoms with Crippen LogP contribution in [0.5, 0.6) is 5.88 Å². The van der Waals surface area contributed by atoms with Gasteiger partial charge in [0.25, 0.3) is 0 Å². The van der Waals surface area contributed by atoms with E-state index in [0.29, 0.717) is 33.6 Å². The van der Waals surface area contributed by atoms with Gasteiger partial charge in [-0.25, -0.2) is 23.7 Å². The summed E-state index contributed by atoms with van der Waals surface area (Å²) >= 11 is 1.43. The number of rotatable bonds is 5. The molecule has 0 amide bonds. The predicted octanol–water partition coefficient (Wildman–Crippen LogP) is 4.96. The molecule has 2 aromatic heterocycles. The smallest absolute Gasteiger partial charge is 0.233 e. The summed E-state index contributed by atoms with van der Waals surface area (Å²) in [7, 11) is 0. The molecule has 168 valence electrons. The standard InChI is InChI=1S/C22H24F2N6OS/c1-10(2)31-17-9-27-20-16(29-17)5-6-26-21(20)28-13-7-14(18(24)15(23)8-13)19-11(3)12(4)32-22(25)30-19/h5-12,19H,1-4H3,(H2,25,30)(H,26,28)/t11-,12?,19?/m1/s1. The van der Waals surface area contributed by atoms with E-state index in [1.54, 1.807) is 18.3 Å². The Bertz CT molecular complexity index is 1190. The molecular weight excluding hydrogens is 434 g/mol. The first-order valence-electron chi connectivity index (χ1n) is 10.3. The van der Waals surface area contributed by atoms with Crippen LogP contribution < -0.4 is 15.8 Å². The zero-order valence-corrected chi connectivity index (χ0v) is 19.0. The van der Waals surface area contributed by atoms with Crippen molar-refractivity contribution < 1.29 is 13.5 Å². The third-order valence-corrected chi connectivity index (χ3v) is 6.39. The number of aliphatic imine (C=N–C) groups is 1. The normalized spacial score (nSPS) is 21.0. The second kappa shape index (κ2) is 8.85. The summed E-state index contributed by atoms with van der Waals surface area (Å²) in [5, 5.41) is 3.53. The number of thioether (sulfide) groups is 1. The Morgan fingerprint density at radius 2 is 1.97 bits per heavy atom. The van der Waals surface area contributed by atoms with Crippen LogP contribution in [0.25, 0.3) is 11.0 Å². The number of amidine groups is 1. The minimum atomic E-state index is -0.976.